The van der Waals surface area contributed by atoms with Crippen LogP contribution in [0.2, 0.25) is 0 Å². The highest BCUT2D eigenvalue weighted by Crippen LogP contribution is 2.19. The van der Waals surface area contributed by atoms with E-state index in [-0.39, 0.29) is 0 Å². The molecule has 1 aromatic heterocycles. The first kappa shape index (κ1) is 10.1. The van der Waals surface area contributed by atoms with Crippen molar-refractivity contribution in [3.63, 3.8) is 0 Å². The molecule has 0 bridgehead atoms. The summed E-state index contributed by atoms with van der Waals surface area (Å²) in [6, 6.07) is 0. The van der Waals surface area contributed by atoms with Gasteiger partial charge in [-0.05, 0) is 13.0 Å². The molecule has 13 heavy (non-hydrogen) atoms. The molecule has 0 aliphatic carbocycles. The van der Waals surface area contributed by atoms with Crippen LogP contribution in [-0.4, -0.2) is 22.6 Å². The Morgan fingerprint density at radius 2 is 2.38 bits per heavy atom. The van der Waals surface area contributed by atoms with Gasteiger partial charge in [-0.25, -0.2) is 9.78 Å². The van der Waals surface area contributed by atoms with Crippen molar-refractivity contribution in [2.75, 3.05) is 6.54 Å². The maximum atomic E-state index is 10.8. The monoisotopic (exact) mass is 200 g/mol. The third-order valence-electron chi connectivity index (χ3n) is 1.62. The number of thiazole rings is 1. The molecule has 0 fully saturated rings. The Morgan fingerprint density at radius 3 is 2.85 bits per heavy atom. The number of carboxylic acids is 1. The van der Waals surface area contributed by atoms with Gasteiger partial charge in [-0.1, -0.05) is 6.92 Å². The standard InChI is InChI=1S/C8H12N2O2S/c1-2-6-10-5(3-4-9)7(13-6)8(11)12/h2-4,9H2,1H3,(H,11,12). The van der Waals surface area contributed by atoms with Crippen molar-refractivity contribution in [2.45, 2.75) is 19.8 Å². The van der Waals surface area contributed by atoms with Gasteiger partial charge in [-0.2, -0.15) is 0 Å². The lowest BCUT2D eigenvalue weighted by molar-refractivity contribution is 0.0701. The van der Waals surface area contributed by atoms with E-state index in [0.29, 0.717) is 23.5 Å². The number of carboxylic acid groups (broad SMARTS) is 1. The van der Waals surface area contributed by atoms with Crippen LogP contribution in [0.25, 0.3) is 0 Å². The Balaban J connectivity index is 3.00. The van der Waals surface area contributed by atoms with E-state index < -0.39 is 5.97 Å². The first-order valence-corrected chi connectivity index (χ1v) is 4.92. The van der Waals surface area contributed by atoms with E-state index in [1.807, 2.05) is 6.92 Å². The van der Waals surface area contributed by atoms with Gasteiger partial charge >= 0.3 is 5.97 Å². The van der Waals surface area contributed by atoms with Gasteiger partial charge in [0.1, 0.15) is 4.88 Å². The molecule has 1 rings (SSSR count). The lowest BCUT2D eigenvalue weighted by Crippen LogP contribution is -2.07. The van der Waals surface area contributed by atoms with Crippen LogP contribution >= 0.6 is 11.3 Å². The second-order valence-corrected chi connectivity index (χ2v) is 3.66. The van der Waals surface area contributed by atoms with Crippen LogP contribution in [0.4, 0.5) is 0 Å². The Kier molecular flexibility index (Phi) is 3.39. The highest BCUT2D eigenvalue weighted by molar-refractivity contribution is 7.13. The third-order valence-corrected chi connectivity index (χ3v) is 2.85. The molecular weight excluding hydrogens is 188 g/mol. The number of carbonyl (C=O) groups is 1. The SMILES string of the molecule is CCc1nc(CCN)c(C(=O)O)s1. The minimum atomic E-state index is -0.902. The Hall–Kier alpha value is -0.940. The molecule has 1 aromatic rings. The summed E-state index contributed by atoms with van der Waals surface area (Å²) in [4.78, 5) is 15.3. The van der Waals surface area contributed by atoms with Crippen LogP contribution in [0, 0.1) is 0 Å². The van der Waals surface area contributed by atoms with Crippen molar-refractivity contribution in [2.24, 2.45) is 5.73 Å². The van der Waals surface area contributed by atoms with Crippen molar-refractivity contribution >= 4 is 17.3 Å². The fraction of sp³-hybridized carbons (Fsp3) is 0.500. The van der Waals surface area contributed by atoms with Crippen molar-refractivity contribution in [1.29, 1.82) is 0 Å². The van der Waals surface area contributed by atoms with Gasteiger partial charge in [-0.3, -0.25) is 0 Å². The lowest BCUT2D eigenvalue weighted by Gasteiger charge is -1.93. The Bertz CT molecular complexity index is 309. The van der Waals surface area contributed by atoms with Crippen molar-refractivity contribution < 1.29 is 9.90 Å². The molecule has 5 heteroatoms. The molecular formula is C8H12N2O2S. The second kappa shape index (κ2) is 4.34. The third kappa shape index (κ3) is 2.26. The predicted molar refractivity (Wildman–Crippen MR) is 51.2 cm³/mol. The van der Waals surface area contributed by atoms with Gasteiger partial charge in [0.25, 0.3) is 0 Å². The average Bonchev–Trinajstić information content (AvgIpc) is 2.48. The number of aromatic carboxylic acids is 1. The summed E-state index contributed by atoms with van der Waals surface area (Å²) >= 11 is 1.24. The van der Waals surface area contributed by atoms with Crippen molar-refractivity contribution in [3.05, 3.63) is 15.6 Å². The molecule has 0 saturated carbocycles. The maximum absolute atomic E-state index is 10.8. The summed E-state index contributed by atoms with van der Waals surface area (Å²) in [5.74, 6) is -0.902. The summed E-state index contributed by atoms with van der Waals surface area (Å²) in [6.07, 6.45) is 1.31. The molecule has 0 unspecified atom stereocenters. The van der Waals surface area contributed by atoms with Crippen LogP contribution in [0.3, 0.4) is 0 Å². The van der Waals surface area contributed by atoms with E-state index in [9.17, 15) is 4.79 Å². The minimum absolute atomic E-state index is 0.335. The number of hydrogen-bond acceptors (Lipinski definition) is 4. The van der Waals surface area contributed by atoms with Gasteiger partial charge in [0.05, 0.1) is 10.7 Å². The van der Waals surface area contributed by atoms with Crippen molar-refractivity contribution in [3.8, 4) is 0 Å². The number of aryl methyl sites for hydroxylation is 1. The molecule has 4 nitrogen and oxygen atoms in total. The molecule has 0 aliphatic heterocycles. The predicted octanol–water partition coefficient (Wildman–Crippen LogP) is 0.905. The van der Waals surface area contributed by atoms with E-state index in [1.54, 1.807) is 0 Å². The topological polar surface area (TPSA) is 76.2 Å². The minimum Gasteiger partial charge on any atom is -0.477 e. The van der Waals surface area contributed by atoms with E-state index in [2.05, 4.69) is 4.98 Å². The zero-order valence-electron chi connectivity index (χ0n) is 7.41. The quantitative estimate of drug-likeness (QED) is 0.757. The Morgan fingerprint density at radius 1 is 1.69 bits per heavy atom. The van der Waals surface area contributed by atoms with Crippen LogP contribution in [0.15, 0.2) is 0 Å². The van der Waals surface area contributed by atoms with E-state index in [1.165, 1.54) is 11.3 Å². The first-order valence-electron chi connectivity index (χ1n) is 4.11. The van der Waals surface area contributed by atoms with Gasteiger partial charge < -0.3 is 10.8 Å². The summed E-state index contributed by atoms with van der Waals surface area (Å²) in [5, 5.41) is 9.69. The fourth-order valence-electron chi connectivity index (χ4n) is 1.03. The molecule has 3 N–H and O–H groups in total. The maximum Gasteiger partial charge on any atom is 0.347 e. The summed E-state index contributed by atoms with van der Waals surface area (Å²) in [5.41, 5.74) is 5.97. The van der Waals surface area contributed by atoms with Crippen LogP contribution in [0.1, 0.15) is 27.3 Å². The number of rotatable bonds is 4. The number of nitrogens with two attached hydrogens (primary N) is 1. The Labute approximate surface area is 80.4 Å². The van der Waals surface area contributed by atoms with Gasteiger partial charge in [0.2, 0.25) is 0 Å². The molecule has 0 spiro atoms. The zero-order valence-corrected chi connectivity index (χ0v) is 8.23. The molecule has 0 atom stereocenters. The smallest absolute Gasteiger partial charge is 0.347 e. The van der Waals surface area contributed by atoms with Gasteiger partial charge in [0, 0.05) is 6.42 Å². The molecule has 0 saturated heterocycles. The molecule has 0 amide bonds. The normalized spacial score (nSPS) is 10.3. The molecule has 72 valence electrons. The second-order valence-electron chi connectivity index (χ2n) is 2.58. The van der Waals surface area contributed by atoms with E-state index in [0.717, 1.165) is 11.4 Å². The molecule has 0 aliphatic rings. The van der Waals surface area contributed by atoms with Crippen molar-refractivity contribution in [1.82, 2.24) is 4.98 Å². The molecule has 0 radical (unpaired) electrons. The molecule has 1 heterocycles. The summed E-state index contributed by atoms with van der Waals surface area (Å²) in [6.45, 7) is 2.39. The lowest BCUT2D eigenvalue weighted by atomic mass is 10.3. The number of aromatic nitrogens is 1. The average molecular weight is 200 g/mol. The van der Waals surface area contributed by atoms with Gasteiger partial charge in [-0.15, -0.1) is 11.3 Å². The highest BCUT2D eigenvalue weighted by atomic mass is 32.1. The number of hydrogen-bond donors (Lipinski definition) is 2. The number of nitrogens with zero attached hydrogens (tertiary/aromatic N) is 1. The first-order chi connectivity index (χ1) is 6.19. The summed E-state index contributed by atoms with van der Waals surface area (Å²) in [7, 11) is 0. The van der Waals surface area contributed by atoms with Crippen LogP contribution in [-0.2, 0) is 12.8 Å². The van der Waals surface area contributed by atoms with Gasteiger partial charge in [0.15, 0.2) is 0 Å². The highest BCUT2D eigenvalue weighted by Gasteiger charge is 2.15. The molecule has 0 aromatic carbocycles. The van der Waals surface area contributed by atoms with Crippen LogP contribution in [0.5, 0.6) is 0 Å². The fourth-order valence-corrected chi connectivity index (χ4v) is 1.91. The zero-order chi connectivity index (χ0) is 9.84. The van der Waals surface area contributed by atoms with E-state index >= 15 is 0 Å². The largest absolute Gasteiger partial charge is 0.477 e. The van der Waals surface area contributed by atoms with E-state index in [4.69, 9.17) is 10.8 Å². The van der Waals surface area contributed by atoms with Crippen LogP contribution < -0.4 is 5.73 Å². The summed E-state index contributed by atoms with van der Waals surface area (Å²) < 4.78 is 0.